The SMILES string of the molecule is CC(C(=O)O)c1ccc2c(c1)NC(=O)c1ccc(F)cc1O2. The van der Waals surface area contributed by atoms with Crippen LogP contribution >= 0.6 is 0 Å². The molecule has 1 aliphatic rings. The number of ether oxygens (including phenoxy) is 1. The molecule has 0 fully saturated rings. The highest BCUT2D eigenvalue weighted by Crippen LogP contribution is 2.37. The van der Waals surface area contributed by atoms with Crippen molar-refractivity contribution in [3.8, 4) is 11.5 Å². The van der Waals surface area contributed by atoms with E-state index in [-0.39, 0.29) is 11.3 Å². The van der Waals surface area contributed by atoms with E-state index in [0.717, 1.165) is 6.07 Å². The average molecular weight is 301 g/mol. The summed E-state index contributed by atoms with van der Waals surface area (Å²) in [5, 5.41) is 11.7. The van der Waals surface area contributed by atoms with Crippen LogP contribution in [0, 0.1) is 5.82 Å². The van der Waals surface area contributed by atoms with Crippen molar-refractivity contribution in [3.63, 3.8) is 0 Å². The minimum Gasteiger partial charge on any atom is -0.481 e. The predicted octanol–water partition coefficient (Wildman–Crippen LogP) is 3.37. The van der Waals surface area contributed by atoms with Crippen molar-refractivity contribution in [3.05, 3.63) is 53.3 Å². The van der Waals surface area contributed by atoms with Crippen LogP contribution in [0.3, 0.4) is 0 Å². The first-order valence-electron chi connectivity index (χ1n) is 6.61. The summed E-state index contributed by atoms with van der Waals surface area (Å²) in [5.41, 5.74) is 1.10. The Bertz CT molecular complexity index is 788. The Morgan fingerprint density at radius 1 is 1.23 bits per heavy atom. The number of fused-ring (bicyclic) bond motifs is 2. The molecule has 0 radical (unpaired) electrons. The third-order valence-corrected chi connectivity index (χ3v) is 3.53. The van der Waals surface area contributed by atoms with E-state index in [1.807, 2.05) is 0 Å². The second-order valence-electron chi connectivity index (χ2n) is 5.01. The van der Waals surface area contributed by atoms with Crippen molar-refractivity contribution in [1.82, 2.24) is 0 Å². The molecule has 2 N–H and O–H groups in total. The summed E-state index contributed by atoms with van der Waals surface area (Å²) in [6.07, 6.45) is 0. The number of carbonyl (C=O) groups excluding carboxylic acids is 1. The monoisotopic (exact) mass is 301 g/mol. The molecular weight excluding hydrogens is 289 g/mol. The fourth-order valence-electron chi connectivity index (χ4n) is 2.22. The molecule has 0 bridgehead atoms. The number of amides is 1. The standard InChI is InChI=1S/C16H12FNO4/c1-8(16(20)21)9-2-5-13-12(6-9)18-15(19)11-4-3-10(17)7-14(11)22-13/h2-8H,1H3,(H,18,19)(H,20,21). The van der Waals surface area contributed by atoms with E-state index >= 15 is 0 Å². The van der Waals surface area contributed by atoms with Gasteiger partial charge in [0.1, 0.15) is 11.6 Å². The van der Waals surface area contributed by atoms with Gasteiger partial charge in [-0.25, -0.2) is 4.39 Å². The molecule has 1 amide bonds. The van der Waals surface area contributed by atoms with Crippen molar-refractivity contribution < 1.29 is 23.8 Å². The molecular formula is C16H12FNO4. The van der Waals surface area contributed by atoms with Crippen LogP contribution in [0.25, 0.3) is 0 Å². The van der Waals surface area contributed by atoms with Crippen LogP contribution in [0.5, 0.6) is 11.5 Å². The first-order chi connectivity index (χ1) is 10.5. The van der Waals surface area contributed by atoms with Gasteiger partial charge in [0.2, 0.25) is 0 Å². The molecule has 0 aliphatic carbocycles. The fraction of sp³-hybridized carbons (Fsp3) is 0.125. The highest BCUT2D eigenvalue weighted by molar-refractivity contribution is 6.08. The van der Waals surface area contributed by atoms with Crippen molar-refractivity contribution in [2.75, 3.05) is 5.32 Å². The zero-order chi connectivity index (χ0) is 15.9. The molecule has 112 valence electrons. The molecule has 0 saturated carbocycles. The van der Waals surface area contributed by atoms with Gasteiger partial charge in [0, 0.05) is 6.07 Å². The number of anilines is 1. The van der Waals surface area contributed by atoms with Crippen molar-refractivity contribution in [2.24, 2.45) is 0 Å². The fourth-order valence-corrected chi connectivity index (χ4v) is 2.22. The number of carboxylic acids is 1. The third kappa shape index (κ3) is 2.39. The molecule has 6 heteroatoms. The number of halogens is 1. The number of rotatable bonds is 2. The Kier molecular flexibility index (Phi) is 3.29. The predicted molar refractivity (Wildman–Crippen MR) is 76.9 cm³/mol. The summed E-state index contributed by atoms with van der Waals surface area (Å²) >= 11 is 0. The Morgan fingerprint density at radius 2 is 2.00 bits per heavy atom. The van der Waals surface area contributed by atoms with Gasteiger partial charge in [-0.3, -0.25) is 9.59 Å². The lowest BCUT2D eigenvalue weighted by atomic mass is 10.0. The number of carboxylic acid groups (broad SMARTS) is 1. The van der Waals surface area contributed by atoms with Crippen molar-refractivity contribution in [1.29, 1.82) is 0 Å². The van der Waals surface area contributed by atoms with E-state index in [9.17, 15) is 14.0 Å². The molecule has 0 aromatic heterocycles. The van der Waals surface area contributed by atoms with Gasteiger partial charge in [0.05, 0.1) is 17.2 Å². The maximum absolute atomic E-state index is 13.3. The van der Waals surface area contributed by atoms with Gasteiger partial charge in [-0.15, -0.1) is 0 Å². The molecule has 1 aliphatic heterocycles. The van der Waals surface area contributed by atoms with Crippen LogP contribution in [-0.4, -0.2) is 17.0 Å². The molecule has 5 nitrogen and oxygen atoms in total. The first-order valence-corrected chi connectivity index (χ1v) is 6.61. The van der Waals surface area contributed by atoms with Crippen LogP contribution in [0.1, 0.15) is 28.8 Å². The van der Waals surface area contributed by atoms with E-state index in [1.165, 1.54) is 12.1 Å². The highest BCUT2D eigenvalue weighted by atomic mass is 19.1. The first kappa shape index (κ1) is 14.1. The van der Waals surface area contributed by atoms with Crippen molar-refractivity contribution >= 4 is 17.6 Å². The normalized spacial score (nSPS) is 14.0. The van der Waals surface area contributed by atoms with Crippen LogP contribution in [-0.2, 0) is 4.79 Å². The van der Waals surface area contributed by atoms with Gasteiger partial charge in [-0.05, 0) is 36.8 Å². The number of aliphatic carboxylic acids is 1. The van der Waals surface area contributed by atoms with Crippen LogP contribution in [0.2, 0.25) is 0 Å². The Balaban J connectivity index is 2.05. The minimum atomic E-state index is -0.967. The van der Waals surface area contributed by atoms with Gasteiger partial charge in [0.25, 0.3) is 5.91 Å². The van der Waals surface area contributed by atoms with Crippen LogP contribution < -0.4 is 10.1 Å². The topological polar surface area (TPSA) is 75.6 Å². The van der Waals surface area contributed by atoms with E-state index in [2.05, 4.69) is 5.32 Å². The Hall–Kier alpha value is -2.89. The lowest BCUT2D eigenvalue weighted by Gasteiger charge is -2.12. The summed E-state index contributed by atoms with van der Waals surface area (Å²) in [4.78, 5) is 23.2. The number of nitrogens with one attached hydrogen (secondary N) is 1. The quantitative estimate of drug-likeness (QED) is 0.891. The second-order valence-corrected chi connectivity index (χ2v) is 5.01. The Morgan fingerprint density at radius 3 is 2.73 bits per heavy atom. The van der Waals surface area contributed by atoms with Gasteiger partial charge in [0.15, 0.2) is 5.75 Å². The van der Waals surface area contributed by atoms with E-state index in [0.29, 0.717) is 17.0 Å². The molecule has 2 aromatic carbocycles. The van der Waals surface area contributed by atoms with Crippen LogP contribution in [0.4, 0.5) is 10.1 Å². The molecule has 2 aromatic rings. The molecule has 1 heterocycles. The molecule has 0 spiro atoms. The van der Waals surface area contributed by atoms with Gasteiger partial charge in [-0.1, -0.05) is 6.07 Å². The summed E-state index contributed by atoms with van der Waals surface area (Å²) in [7, 11) is 0. The van der Waals surface area contributed by atoms with E-state index in [4.69, 9.17) is 9.84 Å². The average Bonchev–Trinajstić information content (AvgIpc) is 2.60. The van der Waals surface area contributed by atoms with Gasteiger partial charge in [-0.2, -0.15) is 0 Å². The maximum Gasteiger partial charge on any atom is 0.310 e. The lowest BCUT2D eigenvalue weighted by molar-refractivity contribution is -0.138. The Labute approximate surface area is 125 Å². The highest BCUT2D eigenvalue weighted by Gasteiger charge is 2.23. The van der Waals surface area contributed by atoms with Crippen LogP contribution in [0.15, 0.2) is 36.4 Å². The number of hydrogen-bond acceptors (Lipinski definition) is 3. The number of hydrogen-bond donors (Lipinski definition) is 2. The lowest BCUT2D eigenvalue weighted by Crippen LogP contribution is -2.11. The van der Waals surface area contributed by atoms with Gasteiger partial charge >= 0.3 is 5.97 Å². The summed E-state index contributed by atoms with van der Waals surface area (Å²) < 4.78 is 18.9. The summed E-state index contributed by atoms with van der Waals surface area (Å²) in [5.74, 6) is -2.18. The maximum atomic E-state index is 13.3. The van der Waals surface area contributed by atoms with Crippen molar-refractivity contribution in [2.45, 2.75) is 12.8 Å². The number of benzene rings is 2. The second kappa shape index (κ2) is 5.14. The molecule has 3 rings (SSSR count). The zero-order valence-electron chi connectivity index (χ0n) is 11.6. The largest absolute Gasteiger partial charge is 0.481 e. The minimum absolute atomic E-state index is 0.121. The zero-order valence-corrected chi connectivity index (χ0v) is 11.6. The smallest absolute Gasteiger partial charge is 0.310 e. The third-order valence-electron chi connectivity index (χ3n) is 3.53. The number of carbonyl (C=O) groups is 2. The van der Waals surface area contributed by atoms with Gasteiger partial charge < -0.3 is 15.2 Å². The molecule has 22 heavy (non-hydrogen) atoms. The molecule has 1 atom stereocenters. The molecule has 1 unspecified atom stereocenters. The van der Waals surface area contributed by atoms with E-state index < -0.39 is 23.6 Å². The van der Waals surface area contributed by atoms with E-state index in [1.54, 1.807) is 25.1 Å². The summed E-state index contributed by atoms with van der Waals surface area (Å²) in [6, 6.07) is 8.37. The molecule has 0 saturated heterocycles. The summed E-state index contributed by atoms with van der Waals surface area (Å²) in [6.45, 7) is 1.55.